The summed E-state index contributed by atoms with van der Waals surface area (Å²) in [6, 6.07) is 3.91. The van der Waals surface area contributed by atoms with E-state index >= 15 is 0 Å². The van der Waals surface area contributed by atoms with E-state index < -0.39 is 6.10 Å². The maximum absolute atomic E-state index is 9.47. The quantitative estimate of drug-likeness (QED) is 0.891. The Bertz CT molecular complexity index is 378. The second kappa shape index (κ2) is 5.67. The molecule has 1 aromatic heterocycles. The SMILES string of the molecule is COC1CN(c2ccc([C@@H](C)O)cn2)CCC1C. The molecule has 0 radical (unpaired) electrons. The predicted octanol–water partition coefficient (Wildman–Crippen LogP) is 2.00. The Morgan fingerprint density at radius 2 is 2.28 bits per heavy atom. The van der Waals surface area contributed by atoms with Crippen molar-refractivity contribution in [2.24, 2.45) is 5.92 Å². The van der Waals surface area contributed by atoms with Crippen LogP contribution in [0.2, 0.25) is 0 Å². The van der Waals surface area contributed by atoms with Crippen LogP contribution in [-0.2, 0) is 4.74 Å². The standard InChI is InChI=1S/C14H22N2O2/c1-10-6-7-16(9-13(10)18-3)14-5-4-12(8-15-14)11(2)17/h4-5,8,10-11,13,17H,6-7,9H2,1-3H3/t10?,11-,13?/m1/s1. The summed E-state index contributed by atoms with van der Waals surface area (Å²) in [5, 5.41) is 9.47. The van der Waals surface area contributed by atoms with Gasteiger partial charge in [0.25, 0.3) is 0 Å². The molecule has 0 amide bonds. The van der Waals surface area contributed by atoms with Gasteiger partial charge < -0.3 is 14.7 Å². The van der Waals surface area contributed by atoms with Crippen LogP contribution in [0.3, 0.4) is 0 Å². The number of piperidine rings is 1. The Morgan fingerprint density at radius 3 is 2.83 bits per heavy atom. The molecule has 1 aliphatic heterocycles. The Hall–Kier alpha value is -1.13. The molecular formula is C14H22N2O2. The topological polar surface area (TPSA) is 45.6 Å². The maximum atomic E-state index is 9.47. The van der Waals surface area contributed by atoms with Crippen LogP contribution in [0.1, 0.15) is 31.9 Å². The third-order valence-corrected chi connectivity index (χ3v) is 3.77. The molecule has 18 heavy (non-hydrogen) atoms. The van der Waals surface area contributed by atoms with Gasteiger partial charge in [0.2, 0.25) is 0 Å². The molecule has 1 N–H and O–H groups in total. The van der Waals surface area contributed by atoms with Crippen molar-refractivity contribution in [2.45, 2.75) is 32.5 Å². The minimum Gasteiger partial charge on any atom is -0.389 e. The fraction of sp³-hybridized carbons (Fsp3) is 0.643. The van der Waals surface area contributed by atoms with Crippen LogP contribution in [0.4, 0.5) is 5.82 Å². The van der Waals surface area contributed by atoms with Crippen molar-refractivity contribution in [3.8, 4) is 0 Å². The van der Waals surface area contributed by atoms with Gasteiger partial charge in [0.15, 0.2) is 0 Å². The van der Waals surface area contributed by atoms with Crippen LogP contribution < -0.4 is 4.90 Å². The lowest BCUT2D eigenvalue weighted by atomic mass is 9.96. The van der Waals surface area contributed by atoms with E-state index in [2.05, 4.69) is 16.8 Å². The monoisotopic (exact) mass is 250 g/mol. The number of nitrogens with zero attached hydrogens (tertiary/aromatic N) is 2. The molecule has 0 saturated carbocycles. The zero-order chi connectivity index (χ0) is 13.1. The lowest BCUT2D eigenvalue weighted by Crippen LogP contribution is -2.44. The highest BCUT2D eigenvalue weighted by Crippen LogP contribution is 2.24. The van der Waals surface area contributed by atoms with Gasteiger partial charge in [-0.2, -0.15) is 0 Å². The highest BCUT2D eigenvalue weighted by Gasteiger charge is 2.26. The van der Waals surface area contributed by atoms with Gasteiger partial charge in [-0.1, -0.05) is 13.0 Å². The van der Waals surface area contributed by atoms with Crippen molar-refractivity contribution in [1.82, 2.24) is 4.98 Å². The molecule has 3 atom stereocenters. The van der Waals surface area contributed by atoms with Gasteiger partial charge in [-0.15, -0.1) is 0 Å². The average molecular weight is 250 g/mol. The van der Waals surface area contributed by atoms with E-state index in [4.69, 9.17) is 4.74 Å². The zero-order valence-corrected chi connectivity index (χ0v) is 11.3. The lowest BCUT2D eigenvalue weighted by Gasteiger charge is -2.36. The number of pyridine rings is 1. The number of aromatic nitrogens is 1. The maximum Gasteiger partial charge on any atom is 0.128 e. The molecular weight excluding hydrogens is 228 g/mol. The van der Waals surface area contributed by atoms with Crippen LogP contribution in [0.5, 0.6) is 0 Å². The van der Waals surface area contributed by atoms with Gasteiger partial charge in [-0.05, 0) is 30.9 Å². The largest absolute Gasteiger partial charge is 0.389 e. The number of hydrogen-bond donors (Lipinski definition) is 1. The Balaban J connectivity index is 2.07. The highest BCUT2D eigenvalue weighted by atomic mass is 16.5. The van der Waals surface area contributed by atoms with E-state index in [0.29, 0.717) is 5.92 Å². The van der Waals surface area contributed by atoms with E-state index in [1.807, 2.05) is 12.1 Å². The van der Waals surface area contributed by atoms with Crippen molar-refractivity contribution in [2.75, 3.05) is 25.1 Å². The summed E-state index contributed by atoms with van der Waals surface area (Å²) >= 11 is 0. The number of rotatable bonds is 3. The fourth-order valence-corrected chi connectivity index (χ4v) is 2.38. The zero-order valence-electron chi connectivity index (χ0n) is 11.3. The molecule has 0 aromatic carbocycles. The fourth-order valence-electron chi connectivity index (χ4n) is 2.38. The first-order valence-electron chi connectivity index (χ1n) is 6.53. The first-order valence-corrected chi connectivity index (χ1v) is 6.53. The van der Waals surface area contributed by atoms with Crippen molar-refractivity contribution in [3.63, 3.8) is 0 Å². The summed E-state index contributed by atoms with van der Waals surface area (Å²) in [5.74, 6) is 1.57. The molecule has 100 valence electrons. The Morgan fingerprint density at radius 1 is 1.50 bits per heavy atom. The van der Waals surface area contributed by atoms with E-state index in [1.54, 1.807) is 20.2 Å². The second-order valence-electron chi connectivity index (χ2n) is 5.11. The van der Waals surface area contributed by atoms with Gasteiger partial charge in [-0.25, -0.2) is 4.98 Å². The predicted molar refractivity (Wildman–Crippen MR) is 71.7 cm³/mol. The number of methoxy groups -OCH3 is 1. The number of aliphatic hydroxyl groups excluding tert-OH is 1. The molecule has 0 spiro atoms. The molecule has 4 nitrogen and oxygen atoms in total. The molecule has 0 aliphatic carbocycles. The Kier molecular flexibility index (Phi) is 4.19. The highest BCUT2D eigenvalue weighted by molar-refractivity contribution is 5.40. The van der Waals surface area contributed by atoms with E-state index in [-0.39, 0.29) is 6.10 Å². The van der Waals surface area contributed by atoms with Gasteiger partial charge in [0, 0.05) is 26.4 Å². The van der Waals surface area contributed by atoms with Crippen LogP contribution in [0.15, 0.2) is 18.3 Å². The molecule has 1 saturated heterocycles. The second-order valence-corrected chi connectivity index (χ2v) is 5.11. The van der Waals surface area contributed by atoms with Crippen LogP contribution in [0.25, 0.3) is 0 Å². The molecule has 2 rings (SSSR count). The van der Waals surface area contributed by atoms with Crippen molar-refractivity contribution in [3.05, 3.63) is 23.9 Å². The van der Waals surface area contributed by atoms with Gasteiger partial charge in [0.05, 0.1) is 12.2 Å². The van der Waals surface area contributed by atoms with Crippen LogP contribution in [-0.4, -0.2) is 36.4 Å². The summed E-state index contributed by atoms with van der Waals surface area (Å²) in [4.78, 5) is 6.68. The summed E-state index contributed by atoms with van der Waals surface area (Å²) in [7, 11) is 1.77. The van der Waals surface area contributed by atoms with Crippen LogP contribution in [0, 0.1) is 5.92 Å². The normalized spacial score (nSPS) is 26.1. The molecule has 1 aromatic rings. The smallest absolute Gasteiger partial charge is 0.128 e. The minimum absolute atomic E-state index is 0.275. The summed E-state index contributed by atoms with van der Waals surface area (Å²) in [6.07, 6.45) is 2.69. The molecule has 2 unspecified atom stereocenters. The van der Waals surface area contributed by atoms with Crippen molar-refractivity contribution in [1.29, 1.82) is 0 Å². The molecule has 1 aliphatic rings. The van der Waals surface area contributed by atoms with Gasteiger partial charge in [0.1, 0.15) is 5.82 Å². The van der Waals surface area contributed by atoms with E-state index in [0.717, 1.165) is 30.9 Å². The molecule has 0 bridgehead atoms. The third-order valence-electron chi connectivity index (χ3n) is 3.77. The number of anilines is 1. The number of ether oxygens (including phenoxy) is 1. The summed E-state index contributed by atoms with van der Waals surface area (Å²) in [6.45, 7) is 5.89. The first kappa shape index (κ1) is 13.3. The average Bonchev–Trinajstić information content (AvgIpc) is 2.39. The van der Waals surface area contributed by atoms with Crippen LogP contribution >= 0.6 is 0 Å². The van der Waals surface area contributed by atoms with Crippen molar-refractivity contribution < 1.29 is 9.84 Å². The minimum atomic E-state index is -0.459. The van der Waals surface area contributed by atoms with Gasteiger partial charge in [-0.3, -0.25) is 0 Å². The van der Waals surface area contributed by atoms with E-state index in [9.17, 15) is 5.11 Å². The third kappa shape index (κ3) is 2.82. The number of hydrogen-bond acceptors (Lipinski definition) is 4. The van der Waals surface area contributed by atoms with E-state index in [1.165, 1.54) is 0 Å². The summed E-state index contributed by atoms with van der Waals surface area (Å²) < 4.78 is 5.51. The Labute approximate surface area is 109 Å². The summed E-state index contributed by atoms with van der Waals surface area (Å²) in [5.41, 5.74) is 0.854. The number of aliphatic hydroxyl groups is 1. The lowest BCUT2D eigenvalue weighted by molar-refractivity contribution is 0.0496. The first-order chi connectivity index (χ1) is 8.61. The van der Waals surface area contributed by atoms with Crippen molar-refractivity contribution >= 4 is 5.82 Å². The van der Waals surface area contributed by atoms with Gasteiger partial charge >= 0.3 is 0 Å². The molecule has 1 fully saturated rings. The molecule has 4 heteroatoms. The molecule has 2 heterocycles.